The fourth-order valence-corrected chi connectivity index (χ4v) is 3.16. The summed E-state index contributed by atoms with van der Waals surface area (Å²) >= 11 is 0. The number of nitrogens with zero attached hydrogens (tertiary/aromatic N) is 4. The molecule has 6 saturated heterocycles. The van der Waals surface area contributed by atoms with Gasteiger partial charge in [-0.15, -0.1) is 0 Å². The number of likely N-dealkylation sites (N-methyl/N-ethyl adjacent to an activating group) is 2. The molecule has 0 aromatic heterocycles. The topological polar surface area (TPSA) is 74.3 Å². The Morgan fingerprint density at radius 2 is 1.14 bits per heavy atom. The highest BCUT2D eigenvalue weighted by Crippen LogP contribution is 2.24. The van der Waals surface area contributed by atoms with Crippen LogP contribution in [-0.4, -0.2) is 168 Å². The summed E-state index contributed by atoms with van der Waals surface area (Å²) in [6.07, 6.45) is -1.11. The van der Waals surface area contributed by atoms with Crippen LogP contribution in [0, 0.1) is 0 Å². The summed E-state index contributed by atoms with van der Waals surface area (Å²) in [5, 5.41) is 13.8. The quantitative estimate of drug-likeness (QED) is 0.368. The van der Waals surface area contributed by atoms with E-state index in [-0.39, 0.29) is 32.3 Å². The van der Waals surface area contributed by atoms with Crippen LogP contribution in [0.25, 0.3) is 0 Å². The maximum atomic E-state index is 11.7. The number of carbonyl (C=O) groups is 1. The first-order valence-corrected chi connectivity index (χ1v) is 12.0. The van der Waals surface area contributed by atoms with E-state index in [2.05, 4.69) is 15.5 Å². The Morgan fingerprint density at radius 3 is 1.14 bits per heavy atom. The van der Waals surface area contributed by atoms with Gasteiger partial charge in [-0.2, -0.15) is 0 Å². The van der Waals surface area contributed by atoms with Crippen LogP contribution in [0.15, 0.2) is 0 Å². The molecule has 0 spiro atoms. The largest absolute Gasteiger partial charge is 0.390 e. The standard InChI is InChI=1S/C4H7F2N.C4H8FN.C4H9NO.C4H7NO.C3H5F2N.C3H6FN/c1-7-2-4(5,6)3-7;1-6-2-4(5)3-6;2*1-5-2-4(6)3-5;4-3(5)1-6-2-3;4-3-1-5-2-3/h2-3H2,1H3;4H,2-3H2,1H3;4,6H,2-3H2,1H3;2-3H2,1H3;6H,1-2H2;3,5H,1-2H2. The number of nitrogens with one attached hydrogen (secondary N) is 2. The number of halogens is 6. The second kappa shape index (κ2) is 15.4. The molecule has 6 heterocycles. The highest BCUT2D eigenvalue weighted by molar-refractivity contribution is 5.87. The summed E-state index contributed by atoms with van der Waals surface area (Å²) in [7, 11) is 7.52. The van der Waals surface area contributed by atoms with E-state index in [1.54, 1.807) is 11.9 Å². The molecule has 0 atom stereocenters. The lowest BCUT2D eigenvalue weighted by Gasteiger charge is -2.35. The number of alkyl halides is 6. The van der Waals surface area contributed by atoms with Crippen molar-refractivity contribution in [2.45, 2.75) is 30.3 Å². The van der Waals surface area contributed by atoms with E-state index in [0.29, 0.717) is 45.1 Å². The smallest absolute Gasteiger partial charge is 0.272 e. The zero-order valence-corrected chi connectivity index (χ0v) is 21.6. The third kappa shape index (κ3) is 15.3. The number of Topliss-reactive ketones (excluding diaryl/α,β-unsaturated/α-hetero) is 1. The van der Waals surface area contributed by atoms with Gasteiger partial charge in [-0.3, -0.25) is 14.6 Å². The average Bonchev–Trinajstić information content (AvgIpc) is 2.64. The zero-order chi connectivity index (χ0) is 27.5. The van der Waals surface area contributed by atoms with Crippen LogP contribution >= 0.6 is 0 Å². The van der Waals surface area contributed by atoms with Crippen molar-refractivity contribution in [1.82, 2.24) is 30.2 Å². The fraction of sp³-hybridized carbons (Fsp3) is 0.955. The van der Waals surface area contributed by atoms with Crippen molar-refractivity contribution < 1.29 is 36.2 Å². The molecule has 6 aliphatic heterocycles. The number of ketones is 1. The highest BCUT2D eigenvalue weighted by Gasteiger charge is 2.41. The Labute approximate surface area is 209 Å². The van der Waals surface area contributed by atoms with Gasteiger partial charge in [0.05, 0.1) is 45.4 Å². The summed E-state index contributed by atoms with van der Waals surface area (Å²) in [6.45, 7) is 5.08. The van der Waals surface area contributed by atoms with Crippen molar-refractivity contribution in [3.8, 4) is 0 Å². The van der Waals surface area contributed by atoms with Crippen LogP contribution in [0.1, 0.15) is 0 Å². The molecule has 0 saturated carbocycles. The van der Waals surface area contributed by atoms with E-state index in [1.165, 1.54) is 0 Å². The summed E-state index contributed by atoms with van der Waals surface area (Å²) in [5.74, 6) is -4.41. The van der Waals surface area contributed by atoms with Gasteiger partial charge < -0.3 is 25.5 Å². The molecule has 6 aliphatic rings. The molecule has 36 heavy (non-hydrogen) atoms. The number of β-amino-alcohol motifs (C(OH)–C–C–N with tert-alkyl or cyclic N) is 1. The van der Waals surface area contributed by atoms with Crippen LogP contribution in [0.5, 0.6) is 0 Å². The Balaban J connectivity index is 0.000000216. The number of aliphatic hydroxyl groups is 1. The van der Waals surface area contributed by atoms with Crippen molar-refractivity contribution in [2.75, 3.05) is 107 Å². The van der Waals surface area contributed by atoms with Crippen LogP contribution in [0.2, 0.25) is 0 Å². The number of hydrogen-bond acceptors (Lipinski definition) is 8. The van der Waals surface area contributed by atoms with Crippen LogP contribution in [0.4, 0.5) is 26.3 Å². The zero-order valence-electron chi connectivity index (χ0n) is 21.6. The number of hydrogen-bond donors (Lipinski definition) is 3. The molecule has 6 fully saturated rings. The van der Waals surface area contributed by atoms with E-state index < -0.39 is 24.2 Å². The Kier molecular flexibility index (Phi) is 14.1. The number of rotatable bonds is 0. The van der Waals surface area contributed by atoms with Gasteiger partial charge in [0.25, 0.3) is 11.8 Å². The lowest BCUT2D eigenvalue weighted by atomic mass is 10.2. The predicted octanol–water partition coefficient (Wildman–Crippen LogP) is -0.217. The van der Waals surface area contributed by atoms with E-state index in [4.69, 9.17) is 5.11 Å². The molecular weight excluding hydrogens is 494 g/mol. The molecule has 3 N–H and O–H groups in total. The van der Waals surface area contributed by atoms with E-state index in [1.807, 2.05) is 30.9 Å². The Morgan fingerprint density at radius 1 is 0.722 bits per heavy atom. The summed E-state index contributed by atoms with van der Waals surface area (Å²) in [6, 6.07) is 0. The first-order valence-electron chi connectivity index (χ1n) is 12.0. The first kappa shape index (κ1) is 33.0. The van der Waals surface area contributed by atoms with Crippen molar-refractivity contribution in [3.63, 3.8) is 0 Å². The summed E-state index contributed by atoms with van der Waals surface area (Å²) in [4.78, 5) is 17.6. The molecule has 0 bridgehead atoms. The van der Waals surface area contributed by atoms with E-state index in [9.17, 15) is 31.1 Å². The number of aliphatic hydroxyl groups excluding tert-OH is 1. The molecule has 0 aromatic carbocycles. The predicted molar refractivity (Wildman–Crippen MR) is 126 cm³/mol. The highest BCUT2D eigenvalue weighted by atomic mass is 19.3. The SMILES string of the molecule is CN1CC(=O)C1.CN1CC(F)(F)C1.CN1CC(F)C1.CN1CC(O)C1.FC1(F)CNC1.FC1CNC1. The average molecular weight is 537 g/mol. The summed E-state index contributed by atoms with van der Waals surface area (Å²) < 4.78 is 69.6. The molecular formula is C22H42F6N6O2. The summed E-state index contributed by atoms with van der Waals surface area (Å²) in [5.41, 5.74) is 0. The molecule has 0 aliphatic carbocycles. The van der Waals surface area contributed by atoms with Gasteiger partial charge in [0.15, 0.2) is 5.78 Å². The van der Waals surface area contributed by atoms with Crippen molar-refractivity contribution in [2.24, 2.45) is 0 Å². The van der Waals surface area contributed by atoms with Crippen LogP contribution < -0.4 is 10.6 Å². The minimum absolute atomic E-state index is 0.0324. The molecule has 0 unspecified atom stereocenters. The van der Waals surface area contributed by atoms with Gasteiger partial charge in [0, 0.05) is 39.3 Å². The van der Waals surface area contributed by atoms with Gasteiger partial charge >= 0.3 is 0 Å². The van der Waals surface area contributed by atoms with E-state index >= 15 is 0 Å². The Bertz CT molecular complexity index is 584. The normalized spacial score (nSPS) is 27.1. The monoisotopic (exact) mass is 536 g/mol. The van der Waals surface area contributed by atoms with Crippen LogP contribution in [0.3, 0.4) is 0 Å². The molecule has 14 heteroatoms. The number of likely N-dealkylation sites (tertiary alicyclic amines) is 4. The number of carbonyl (C=O) groups excluding carboxylic acids is 1. The van der Waals surface area contributed by atoms with Crippen molar-refractivity contribution >= 4 is 5.78 Å². The molecule has 6 rings (SSSR count). The van der Waals surface area contributed by atoms with Crippen molar-refractivity contribution in [1.29, 1.82) is 0 Å². The lowest BCUT2D eigenvalue weighted by Crippen LogP contribution is -2.53. The minimum atomic E-state index is -2.39. The second-order valence-corrected chi connectivity index (χ2v) is 10.1. The van der Waals surface area contributed by atoms with Gasteiger partial charge in [-0.05, 0) is 28.2 Å². The molecule has 8 nitrogen and oxygen atoms in total. The van der Waals surface area contributed by atoms with Gasteiger partial charge in [0.1, 0.15) is 12.3 Å². The van der Waals surface area contributed by atoms with Crippen molar-refractivity contribution in [3.05, 3.63) is 0 Å². The van der Waals surface area contributed by atoms with Gasteiger partial charge in [0.2, 0.25) is 0 Å². The van der Waals surface area contributed by atoms with E-state index in [0.717, 1.165) is 13.1 Å². The maximum absolute atomic E-state index is 11.7. The molecule has 0 amide bonds. The minimum Gasteiger partial charge on any atom is -0.390 e. The first-order chi connectivity index (χ1) is 16.6. The lowest BCUT2D eigenvalue weighted by molar-refractivity contribution is -0.127. The van der Waals surface area contributed by atoms with Gasteiger partial charge in [-0.1, -0.05) is 0 Å². The van der Waals surface area contributed by atoms with Gasteiger partial charge in [-0.25, -0.2) is 26.3 Å². The Hall–Kier alpha value is -1.03. The van der Waals surface area contributed by atoms with Crippen LogP contribution in [-0.2, 0) is 4.79 Å². The molecule has 214 valence electrons. The molecule has 0 radical (unpaired) electrons. The maximum Gasteiger partial charge on any atom is 0.272 e. The third-order valence-corrected chi connectivity index (χ3v) is 5.46. The fourth-order valence-electron chi connectivity index (χ4n) is 3.16. The third-order valence-electron chi connectivity index (χ3n) is 5.46. The molecule has 0 aromatic rings. The second-order valence-electron chi connectivity index (χ2n) is 10.1.